The van der Waals surface area contributed by atoms with Gasteiger partial charge in [0.25, 0.3) is 0 Å². The summed E-state index contributed by atoms with van der Waals surface area (Å²) in [4.78, 5) is 25.4. The summed E-state index contributed by atoms with van der Waals surface area (Å²) in [5.41, 5.74) is 0.750. The van der Waals surface area contributed by atoms with Crippen LogP contribution in [-0.2, 0) is 9.59 Å². The van der Waals surface area contributed by atoms with Crippen LogP contribution < -0.4 is 9.47 Å². The highest BCUT2D eigenvalue weighted by Gasteiger charge is 2.40. The van der Waals surface area contributed by atoms with E-state index in [0.29, 0.717) is 24.5 Å². The average Bonchev–Trinajstić information content (AvgIpc) is 2.53. The van der Waals surface area contributed by atoms with Crippen LogP contribution in [0, 0.1) is 5.92 Å². The van der Waals surface area contributed by atoms with Gasteiger partial charge in [-0.25, -0.2) is 0 Å². The van der Waals surface area contributed by atoms with E-state index in [4.69, 9.17) is 9.47 Å². The van der Waals surface area contributed by atoms with Gasteiger partial charge in [0.15, 0.2) is 11.5 Å². The van der Waals surface area contributed by atoms with Gasteiger partial charge in [0.2, 0.25) is 5.91 Å². The molecule has 0 bridgehead atoms. The summed E-state index contributed by atoms with van der Waals surface area (Å²) in [7, 11) is 3.07. The van der Waals surface area contributed by atoms with E-state index >= 15 is 0 Å². The Kier molecular flexibility index (Phi) is 4.90. The molecule has 0 saturated carbocycles. The van der Waals surface area contributed by atoms with Crippen LogP contribution in [-0.4, -0.2) is 42.6 Å². The lowest BCUT2D eigenvalue weighted by molar-refractivity contribution is -0.151. The standard InChI is InChI=1S/C16H21NO5/c1-4-17-14(18)8-6-11(16(19)20)15(17)10-5-7-12(21-2)13(9-10)22-3/h5,7,9,11,15H,4,6,8H2,1-3H3,(H,19,20)/t11-,15-/m1/s1. The quantitative estimate of drug-likeness (QED) is 0.901. The summed E-state index contributed by atoms with van der Waals surface area (Å²) in [5, 5.41) is 9.50. The van der Waals surface area contributed by atoms with Crippen molar-refractivity contribution in [3.8, 4) is 11.5 Å². The Morgan fingerprint density at radius 2 is 2.00 bits per heavy atom. The van der Waals surface area contributed by atoms with Crippen LogP contribution in [0.15, 0.2) is 18.2 Å². The third-order valence-electron chi connectivity index (χ3n) is 4.11. The van der Waals surface area contributed by atoms with Crippen LogP contribution in [0.5, 0.6) is 11.5 Å². The molecule has 0 aliphatic carbocycles. The van der Waals surface area contributed by atoms with Gasteiger partial charge >= 0.3 is 5.97 Å². The molecule has 1 aliphatic rings. The molecule has 22 heavy (non-hydrogen) atoms. The zero-order chi connectivity index (χ0) is 16.3. The number of aliphatic carboxylic acids is 1. The zero-order valence-electron chi connectivity index (χ0n) is 13.0. The van der Waals surface area contributed by atoms with Crippen LogP contribution in [0.4, 0.5) is 0 Å². The summed E-state index contributed by atoms with van der Waals surface area (Å²) in [5.74, 6) is -0.414. The van der Waals surface area contributed by atoms with Crippen molar-refractivity contribution in [1.82, 2.24) is 4.90 Å². The second-order valence-electron chi connectivity index (χ2n) is 5.22. The highest BCUT2D eigenvalue weighted by atomic mass is 16.5. The van der Waals surface area contributed by atoms with Gasteiger partial charge in [-0.1, -0.05) is 6.07 Å². The predicted molar refractivity (Wildman–Crippen MR) is 80.0 cm³/mol. The molecule has 1 aliphatic heterocycles. The fourth-order valence-electron chi connectivity index (χ4n) is 3.03. The fourth-order valence-corrected chi connectivity index (χ4v) is 3.03. The number of amides is 1. The van der Waals surface area contributed by atoms with Crippen LogP contribution in [0.1, 0.15) is 31.4 Å². The number of rotatable bonds is 5. The first kappa shape index (κ1) is 16.1. The summed E-state index contributed by atoms with van der Waals surface area (Å²) >= 11 is 0. The number of carboxylic acid groups (broad SMARTS) is 1. The molecule has 0 aromatic heterocycles. The van der Waals surface area contributed by atoms with Crippen LogP contribution in [0.3, 0.4) is 0 Å². The van der Waals surface area contributed by atoms with E-state index in [9.17, 15) is 14.7 Å². The number of ether oxygens (including phenoxy) is 2. The van der Waals surface area contributed by atoms with E-state index < -0.39 is 17.9 Å². The molecule has 6 nitrogen and oxygen atoms in total. The molecule has 1 heterocycles. The topological polar surface area (TPSA) is 76.1 Å². The second-order valence-corrected chi connectivity index (χ2v) is 5.22. The van der Waals surface area contributed by atoms with Gasteiger partial charge in [0.05, 0.1) is 26.2 Å². The number of piperidine rings is 1. The number of methoxy groups -OCH3 is 2. The van der Waals surface area contributed by atoms with E-state index in [0.717, 1.165) is 5.56 Å². The lowest BCUT2D eigenvalue weighted by Gasteiger charge is -2.39. The normalized spacial score (nSPS) is 21.6. The number of carboxylic acids is 1. The molecule has 1 N–H and O–H groups in total. The Morgan fingerprint density at radius 3 is 2.55 bits per heavy atom. The minimum atomic E-state index is -0.884. The van der Waals surface area contributed by atoms with Crippen molar-refractivity contribution >= 4 is 11.9 Å². The third kappa shape index (κ3) is 2.86. The highest BCUT2D eigenvalue weighted by Crippen LogP contribution is 2.39. The lowest BCUT2D eigenvalue weighted by Crippen LogP contribution is -2.45. The fraction of sp³-hybridized carbons (Fsp3) is 0.500. The Bertz CT molecular complexity index is 570. The number of likely N-dealkylation sites (tertiary alicyclic amines) is 1. The molecule has 2 atom stereocenters. The maximum absolute atomic E-state index is 12.1. The smallest absolute Gasteiger partial charge is 0.308 e. The van der Waals surface area contributed by atoms with Crippen LogP contribution in [0.25, 0.3) is 0 Å². The highest BCUT2D eigenvalue weighted by molar-refractivity contribution is 5.81. The molecule has 1 aromatic rings. The number of nitrogens with zero attached hydrogens (tertiary/aromatic N) is 1. The summed E-state index contributed by atoms with van der Waals surface area (Å²) in [6, 6.07) is 4.80. The Balaban J connectivity index is 2.47. The van der Waals surface area contributed by atoms with Crippen LogP contribution >= 0.6 is 0 Å². The van der Waals surface area contributed by atoms with Gasteiger partial charge in [-0.3, -0.25) is 9.59 Å². The lowest BCUT2D eigenvalue weighted by atomic mass is 9.84. The average molecular weight is 307 g/mol. The number of carbonyl (C=O) groups excluding carboxylic acids is 1. The largest absolute Gasteiger partial charge is 0.493 e. The van der Waals surface area contributed by atoms with Crippen LogP contribution in [0.2, 0.25) is 0 Å². The van der Waals surface area contributed by atoms with E-state index in [1.165, 1.54) is 7.11 Å². The molecular formula is C16H21NO5. The first-order valence-corrected chi connectivity index (χ1v) is 7.27. The van der Waals surface area contributed by atoms with Crippen molar-refractivity contribution in [2.24, 2.45) is 5.92 Å². The molecule has 1 aromatic carbocycles. The second kappa shape index (κ2) is 6.68. The summed E-state index contributed by atoms with van der Waals surface area (Å²) in [6.07, 6.45) is 0.623. The molecule has 0 spiro atoms. The van der Waals surface area contributed by atoms with Gasteiger partial charge in [-0.15, -0.1) is 0 Å². The van der Waals surface area contributed by atoms with Crippen molar-refractivity contribution in [2.75, 3.05) is 20.8 Å². The van der Waals surface area contributed by atoms with Gasteiger partial charge in [-0.2, -0.15) is 0 Å². The molecule has 2 rings (SSSR count). The van der Waals surface area contributed by atoms with Crippen molar-refractivity contribution in [1.29, 1.82) is 0 Å². The Morgan fingerprint density at radius 1 is 1.32 bits per heavy atom. The van der Waals surface area contributed by atoms with Crippen molar-refractivity contribution in [3.05, 3.63) is 23.8 Å². The maximum Gasteiger partial charge on any atom is 0.308 e. The zero-order valence-corrected chi connectivity index (χ0v) is 13.0. The number of carbonyl (C=O) groups is 2. The number of hydrogen-bond donors (Lipinski definition) is 1. The van der Waals surface area contributed by atoms with Gasteiger partial charge in [0, 0.05) is 13.0 Å². The van der Waals surface area contributed by atoms with E-state index in [-0.39, 0.29) is 12.3 Å². The van der Waals surface area contributed by atoms with Crippen molar-refractivity contribution in [2.45, 2.75) is 25.8 Å². The van der Waals surface area contributed by atoms with E-state index in [1.807, 2.05) is 6.92 Å². The summed E-state index contributed by atoms with van der Waals surface area (Å²) in [6.45, 7) is 2.33. The van der Waals surface area contributed by atoms with Gasteiger partial charge < -0.3 is 19.5 Å². The molecule has 1 amide bonds. The SMILES string of the molecule is CCN1C(=O)CC[C@@H](C(=O)O)[C@H]1c1ccc(OC)c(OC)c1. The van der Waals surface area contributed by atoms with Gasteiger partial charge in [0.1, 0.15) is 0 Å². The first-order chi connectivity index (χ1) is 10.5. The molecule has 6 heteroatoms. The van der Waals surface area contributed by atoms with Crippen molar-refractivity contribution in [3.63, 3.8) is 0 Å². The molecule has 0 unspecified atom stereocenters. The molecule has 1 fully saturated rings. The van der Waals surface area contributed by atoms with Crippen molar-refractivity contribution < 1.29 is 24.2 Å². The van der Waals surface area contributed by atoms with Gasteiger partial charge in [-0.05, 0) is 31.0 Å². The third-order valence-corrected chi connectivity index (χ3v) is 4.11. The molecule has 1 saturated heterocycles. The first-order valence-electron chi connectivity index (χ1n) is 7.27. The number of hydrogen-bond acceptors (Lipinski definition) is 4. The minimum Gasteiger partial charge on any atom is -0.493 e. The Labute approximate surface area is 129 Å². The predicted octanol–water partition coefficient (Wildman–Crippen LogP) is 2.09. The van der Waals surface area contributed by atoms with E-state index in [1.54, 1.807) is 30.2 Å². The number of benzene rings is 1. The molecular weight excluding hydrogens is 286 g/mol. The molecule has 120 valence electrons. The van der Waals surface area contributed by atoms with E-state index in [2.05, 4.69) is 0 Å². The summed E-state index contributed by atoms with van der Waals surface area (Å²) < 4.78 is 10.5. The molecule has 0 radical (unpaired) electrons. The minimum absolute atomic E-state index is 0.0141. The monoisotopic (exact) mass is 307 g/mol. The Hall–Kier alpha value is -2.24. The maximum atomic E-state index is 12.1.